The van der Waals surface area contributed by atoms with Gasteiger partial charge in [-0.05, 0) is 78.4 Å². The van der Waals surface area contributed by atoms with Gasteiger partial charge in [-0.1, -0.05) is 109 Å². The molecule has 4 heteroatoms. The van der Waals surface area contributed by atoms with Crippen LogP contribution in [-0.4, -0.2) is 14.1 Å². The lowest BCUT2D eigenvalue weighted by atomic mass is 10.0. The van der Waals surface area contributed by atoms with E-state index in [2.05, 4.69) is 196 Å². The molecule has 4 nitrogen and oxygen atoms in total. The number of hydrogen-bond acceptors (Lipinski definition) is 2. The van der Waals surface area contributed by atoms with Crippen LogP contribution < -0.4 is 4.90 Å². The topological polar surface area (TPSA) is 26.0 Å². The first-order valence-corrected chi connectivity index (χ1v) is 17.3. The Morgan fingerprint density at radius 3 is 1.16 bits per heavy atom. The van der Waals surface area contributed by atoms with Crippen molar-refractivity contribution in [3.8, 4) is 22.5 Å². The van der Waals surface area contributed by atoms with Gasteiger partial charge in [-0.15, -0.1) is 0 Å². The molecule has 0 unspecified atom stereocenters. The highest BCUT2D eigenvalue weighted by atomic mass is 15.1. The molecule has 240 valence electrons. The zero-order valence-electron chi connectivity index (χ0n) is 27.8. The number of benzene rings is 7. The molecule has 3 aromatic heterocycles. The molecular weight excluding hydrogens is 621 g/mol. The van der Waals surface area contributed by atoms with Gasteiger partial charge in [-0.2, -0.15) is 0 Å². The molecule has 0 N–H and O–H groups in total. The van der Waals surface area contributed by atoms with Crippen LogP contribution in [0.1, 0.15) is 0 Å². The van der Waals surface area contributed by atoms with E-state index in [4.69, 9.17) is 4.98 Å². The first-order valence-electron chi connectivity index (χ1n) is 17.3. The number of hydrogen-bond donors (Lipinski definition) is 0. The molecule has 3 heterocycles. The molecule has 10 rings (SSSR count). The lowest BCUT2D eigenvalue weighted by molar-refractivity contribution is 1.13. The van der Waals surface area contributed by atoms with Gasteiger partial charge in [0, 0.05) is 56.1 Å². The van der Waals surface area contributed by atoms with Crippen LogP contribution in [0.4, 0.5) is 17.1 Å². The SMILES string of the molecule is c1ccc(N(c2ccccc2)c2cncc(-c3cc(-n4c5ccccc5c5ccccc54)cc(-n4c5ccccc5c5ccccc54)c3)c2)cc1. The molecule has 7 aromatic carbocycles. The standard InChI is InChI=1S/C47H32N4/c1-3-15-35(16-4-1)49(36-17-5-2-6-18-36)39-29-34(31-48-32-39)33-27-37(50-44-23-11-7-19-40(44)41-20-8-12-24-45(41)50)30-38(28-33)51-46-25-13-9-21-42(46)43-22-10-14-26-47(43)51/h1-32H. The molecular formula is C47H32N4. The number of rotatable bonds is 6. The number of aromatic nitrogens is 3. The monoisotopic (exact) mass is 652 g/mol. The molecule has 0 amide bonds. The number of fused-ring (bicyclic) bond motifs is 6. The van der Waals surface area contributed by atoms with Crippen LogP contribution in [0.5, 0.6) is 0 Å². The third kappa shape index (κ3) is 4.80. The van der Waals surface area contributed by atoms with Gasteiger partial charge in [0.25, 0.3) is 0 Å². The maximum Gasteiger partial charge on any atom is 0.0651 e. The van der Waals surface area contributed by atoms with Gasteiger partial charge in [-0.25, -0.2) is 0 Å². The van der Waals surface area contributed by atoms with Crippen molar-refractivity contribution in [3.05, 3.63) is 194 Å². The Labute approximate surface area is 295 Å². The van der Waals surface area contributed by atoms with Crippen LogP contribution in [0.3, 0.4) is 0 Å². The summed E-state index contributed by atoms with van der Waals surface area (Å²) in [5.74, 6) is 0. The maximum atomic E-state index is 4.86. The molecule has 0 spiro atoms. The Morgan fingerprint density at radius 2 is 0.725 bits per heavy atom. The van der Waals surface area contributed by atoms with Crippen molar-refractivity contribution in [1.29, 1.82) is 0 Å². The maximum absolute atomic E-state index is 4.86. The number of anilines is 3. The molecule has 0 saturated heterocycles. The molecule has 0 fully saturated rings. The van der Waals surface area contributed by atoms with E-state index in [0.717, 1.165) is 39.6 Å². The molecule has 0 aliphatic rings. The third-order valence-electron chi connectivity index (χ3n) is 9.92. The van der Waals surface area contributed by atoms with Crippen molar-refractivity contribution in [2.45, 2.75) is 0 Å². The van der Waals surface area contributed by atoms with E-state index in [9.17, 15) is 0 Å². The summed E-state index contributed by atoms with van der Waals surface area (Å²) >= 11 is 0. The predicted molar refractivity (Wildman–Crippen MR) is 213 cm³/mol. The minimum atomic E-state index is 0.991. The van der Waals surface area contributed by atoms with Crippen molar-refractivity contribution in [3.63, 3.8) is 0 Å². The molecule has 0 radical (unpaired) electrons. The van der Waals surface area contributed by atoms with Crippen LogP contribution in [0.15, 0.2) is 194 Å². The lowest BCUT2D eigenvalue weighted by Crippen LogP contribution is -2.10. The normalized spacial score (nSPS) is 11.5. The Kier molecular flexibility index (Phi) is 6.78. The zero-order chi connectivity index (χ0) is 33.7. The fourth-order valence-corrected chi connectivity index (χ4v) is 7.73. The summed E-state index contributed by atoms with van der Waals surface area (Å²) < 4.78 is 4.81. The summed E-state index contributed by atoms with van der Waals surface area (Å²) in [7, 11) is 0. The Bertz CT molecular complexity index is 2590. The van der Waals surface area contributed by atoms with Crippen molar-refractivity contribution in [2.75, 3.05) is 4.90 Å². The van der Waals surface area contributed by atoms with E-state index in [0.29, 0.717) is 0 Å². The summed E-state index contributed by atoms with van der Waals surface area (Å²) in [5, 5.41) is 4.95. The van der Waals surface area contributed by atoms with E-state index >= 15 is 0 Å². The molecule has 0 atom stereocenters. The van der Waals surface area contributed by atoms with E-state index < -0.39 is 0 Å². The molecule has 0 saturated carbocycles. The van der Waals surface area contributed by atoms with Gasteiger partial charge < -0.3 is 14.0 Å². The first-order chi connectivity index (χ1) is 25.3. The minimum Gasteiger partial charge on any atom is -0.309 e. The third-order valence-corrected chi connectivity index (χ3v) is 9.92. The summed E-state index contributed by atoms with van der Waals surface area (Å²) in [6, 6.07) is 65.0. The van der Waals surface area contributed by atoms with E-state index in [1.165, 1.54) is 43.6 Å². The van der Waals surface area contributed by atoms with Crippen molar-refractivity contribution in [2.24, 2.45) is 0 Å². The van der Waals surface area contributed by atoms with Gasteiger partial charge in [0.15, 0.2) is 0 Å². The number of nitrogens with zero attached hydrogens (tertiary/aromatic N) is 4. The second-order valence-electron chi connectivity index (χ2n) is 12.9. The van der Waals surface area contributed by atoms with E-state index in [1.54, 1.807) is 0 Å². The second-order valence-corrected chi connectivity index (χ2v) is 12.9. The lowest BCUT2D eigenvalue weighted by Gasteiger charge is -2.25. The highest BCUT2D eigenvalue weighted by Gasteiger charge is 2.18. The highest BCUT2D eigenvalue weighted by molar-refractivity contribution is 6.10. The van der Waals surface area contributed by atoms with Gasteiger partial charge in [0.2, 0.25) is 0 Å². The summed E-state index contributed by atoms with van der Waals surface area (Å²) in [6.45, 7) is 0. The fraction of sp³-hybridized carbons (Fsp3) is 0. The van der Waals surface area contributed by atoms with Crippen LogP contribution in [0, 0.1) is 0 Å². The first kappa shape index (κ1) is 29.0. The molecule has 51 heavy (non-hydrogen) atoms. The summed E-state index contributed by atoms with van der Waals surface area (Å²) in [6.07, 6.45) is 3.94. The number of para-hydroxylation sites is 6. The fourth-order valence-electron chi connectivity index (χ4n) is 7.73. The Hall–Kier alpha value is -6.91. The molecule has 10 aromatic rings. The van der Waals surface area contributed by atoms with Crippen molar-refractivity contribution >= 4 is 60.7 Å². The van der Waals surface area contributed by atoms with Crippen molar-refractivity contribution in [1.82, 2.24) is 14.1 Å². The van der Waals surface area contributed by atoms with Gasteiger partial charge in [0.1, 0.15) is 0 Å². The quantitative estimate of drug-likeness (QED) is 0.179. The molecule has 0 aliphatic heterocycles. The van der Waals surface area contributed by atoms with Gasteiger partial charge in [0.05, 0.1) is 34.0 Å². The summed E-state index contributed by atoms with van der Waals surface area (Å²) in [4.78, 5) is 7.13. The van der Waals surface area contributed by atoms with Gasteiger partial charge >= 0.3 is 0 Å². The Balaban J connectivity index is 1.25. The average Bonchev–Trinajstić information content (AvgIpc) is 3.72. The molecule has 0 aliphatic carbocycles. The van der Waals surface area contributed by atoms with Crippen LogP contribution in [0.25, 0.3) is 66.1 Å². The molecule has 0 bridgehead atoms. The summed E-state index contributed by atoms with van der Waals surface area (Å²) in [5.41, 5.74) is 12.2. The predicted octanol–water partition coefficient (Wildman–Crippen LogP) is 12.4. The second kappa shape index (κ2) is 11.9. The Morgan fingerprint density at radius 1 is 0.333 bits per heavy atom. The van der Waals surface area contributed by atoms with Crippen molar-refractivity contribution < 1.29 is 0 Å². The smallest absolute Gasteiger partial charge is 0.0651 e. The van der Waals surface area contributed by atoms with Gasteiger partial charge in [-0.3, -0.25) is 4.98 Å². The zero-order valence-corrected chi connectivity index (χ0v) is 27.8. The minimum absolute atomic E-state index is 0.991. The van der Waals surface area contributed by atoms with Crippen LogP contribution in [-0.2, 0) is 0 Å². The number of pyridine rings is 1. The van der Waals surface area contributed by atoms with E-state index in [1.807, 2.05) is 12.4 Å². The van der Waals surface area contributed by atoms with Crippen LogP contribution in [0.2, 0.25) is 0 Å². The highest BCUT2D eigenvalue weighted by Crippen LogP contribution is 2.40. The average molecular weight is 653 g/mol. The largest absolute Gasteiger partial charge is 0.309 e. The van der Waals surface area contributed by atoms with E-state index in [-0.39, 0.29) is 0 Å². The van der Waals surface area contributed by atoms with Crippen LogP contribution >= 0.6 is 0 Å².